The molecule has 0 spiro atoms. The first-order valence-corrected chi connectivity index (χ1v) is 33.2. The molecule has 90 heavy (non-hydrogen) atoms. The number of pyridine rings is 3. The van der Waals surface area contributed by atoms with Gasteiger partial charge in [0.2, 0.25) is 0 Å². The molecule has 3 aromatic heterocycles. The van der Waals surface area contributed by atoms with Crippen LogP contribution in [0.15, 0.2) is 209 Å². The maximum absolute atomic E-state index is 14.2. The van der Waals surface area contributed by atoms with Crippen molar-refractivity contribution in [2.45, 2.75) is 53.6 Å². The number of carbonyl (C=O) groups excluding carboxylic acids is 4. The molecule has 11 aromatic rings. The highest BCUT2D eigenvalue weighted by Gasteiger charge is 2.42. The number of benzene rings is 8. The Morgan fingerprint density at radius 3 is 1.03 bits per heavy atom. The molecule has 3 unspecified atom stereocenters. The Morgan fingerprint density at radius 2 is 0.700 bits per heavy atom. The summed E-state index contributed by atoms with van der Waals surface area (Å²) in [5.74, 6) is -3.06. The summed E-state index contributed by atoms with van der Waals surface area (Å²) < 4.78 is 93.2. The van der Waals surface area contributed by atoms with Crippen LogP contribution in [-0.2, 0) is 19.7 Å². The molecule has 5 heterocycles. The van der Waals surface area contributed by atoms with Gasteiger partial charge in [-0.2, -0.15) is 0 Å². The van der Waals surface area contributed by atoms with Gasteiger partial charge < -0.3 is 5.73 Å². The summed E-state index contributed by atoms with van der Waals surface area (Å²) in [4.78, 5) is 69.9. The predicted molar refractivity (Wildman–Crippen MR) is 343 cm³/mol. The van der Waals surface area contributed by atoms with Crippen LogP contribution in [0.4, 0.5) is 13.2 Å². The summed E-state index contributed by atoms with van der Waals surface area (Å²) in [5.41, 5.74) is 13.6. The number of nitrogens with zero attached hydrogens (tertiary/aromatic N) is 5. The summed E-state index contributed by atoms with van der Waals surface area (Å²) in [6.07, 6.45) is 4.10. The van der Waals surface area contributed by atoms with Crippen molar-refractivity contribution < 1.29 is 49.2 Å². The van der Waals surface area contributed by atoms with Crippen LogP contribution in [0.5, 0.6) is 0 Å². The Morgan fingerprint density at radius 1 is 0.411 bits per heavy atom. The topological polar surface area (TPSA) is 208 Å². The number of nitrogens with two attached hydrogens (primary N) is 1. The SMILES string of the molecule is CC(N)c1nc2ccc(F)cc2c(S(C)(=O)=O)c1-c1ccccc1.CC(c1nc2ccc(F)cc2c(S(C)(=O)=O)c1-c1ccccc1)N1C(=O)c2ccccc2C1=O.CSc1c(-c2ccccc2)c(C(C)N2C(=O)c3ccccc3C2=O)nc2ccc(F)cc12. The summed E-state index contributed by atoms with van der Waals surface area (Å²) >= 11 is 1.50. The van der Waals surface area contributed by atoms with E-state index in [1.807, 2.05) is 61.7 Å². The van der Waals surface area contributed by atoms with Crippen LogP contribution in [-0.4, -0.2) is 84.0 Å². The second-order valence-corrected chi connectivity index (χ2v) is 26.3. The highest BCUT2D eigenvalue weighted by molar-refractivity contribution is 7.99. The first kappa shape index (κ1) is 61.9. The van der Waals surface area contributed by atoms with E-state index in [9.17, 15) is 49.2 Å². The van der Waals surface area contributed by atoms with Gasteiger partial charge in [-0.3, -0.25) is 34.0 Å². The van der Waals surface area contributed by atoms with Gasteiger partial charge >= 0.3 is 0 Å². The van der Waals surface area contributed by atoms with E-state index in [1.54, 1.807) is 111 Å². The van der Waals surface area contributed by atoms with Crippen LogP contribution in [0.1, 0.15) is 97.4 Å². The van der Waals surface area contributed by atoms with Crippen LogP contribution in [0.3, 0.4) is 0 Å². The molecule has 0 bridgehead atoms. The summed E-state index contributed by atoms with van der Waals surface area (Å²) in [5, 5.41) is 1.11. The van der Waals surface area contributed by atoms with Gasteiger partial charge in [0.25, 0.3) is 23.6 Å². The van der Waals surface area contributed by atoms with Crippen molar-refractivity contribution in [3.05, 3.63) is 251 Å². The number of fused-ring (bicyclic) bond motifs is 5. The number of imide groups is 2. The molecule has 8 aromatic carbocycles. The van der Waals surface area contributed by atoms with Crippen molar-refractivity contribution in [2.24, 2.45) is 5.73 Å². The fraction of sp³-hybridized carbons (Fsp3) is 0.129. The number of halogens is 3. The predicted octanol–water partition coefficient (Wildman–Crippen LogP) is 14.4. The Kier molecular flexibility index (Phi) is 17.0. The lowest BCUT2D eigenvalue weighted by molar-refractivity contribution is 0.0577. The number of sulfone groups is 2. The molecule has 0 radical (unpaired) electrons. The van der Waals surface area contributed by atoms with Gasteiger partial charge in [0.15, 0.2) is 19.7 Å². The number of carbonyl (C=O) groups is 4. The Labute approximate surface area is 521 Å². The van der Waals surface area contributed by atoms with E-state index >= 15 is 0 Å². The quantitative estimate of drug-likeness (QED) is 0.0945. The Hall–Kier alpha value is -9.73. The second-order valence-electron chi connectivity index (χ2n) is 21.6. The van der Waals surface area contributed by atoms with Gasteiger partial charge in [0, 0.05) is 56.3 Å². The smallest absolute Gasteiger partial charge is 0.262 e. The fourth-order valence-electron chi connectivity index (χ4n) is 11.6. The number of amides is 4. The molecule has 13 rings (SSSR count). The zero-order valence-corrected chi connectivity index (χ0v) is 51.6. The normalized spacial score (nSPS) is 14.0. The van der Waals surface area contributed by atoms with Crippen LogP contribution >= 0.6 is 11.8 Å². The summed E-state index contributed by atoms with van der Waals surface area (Å²) in [7, 11) is -7.52. The molecule has 4 amide bonds. The molecule has 3 atom stereocenters. The van der Waals surface area contributed by atoms with Crippen LogP contribution in [0.25, 0.3) is 66.1 Å². The minimum Gasteiger partial charge on any atom is -0.323 e. The van der Waals surface area contributed by atoms with Crippen molar-refractivity contribution >= 4 is 87.8 Å². The number of hydrogen-bond acceptors (Lipinski definition) is 13. The standard InChI is InChI=1S/C26H19FN2O4S.C26H19FN2O2S.C18H17FN2O2S/c1-15(29-25(30)18-10-6-7-11-19(18)26(29)31)23-22(16-8-4-3-5-9-16)24(34(2,32)33)20-14-17(27)12-13-21(20)28-23;1-15(29-25(30)18-10-6-7-11-19(18)26(29)31)23-22(16-8-4-3-5-9-16)24(32-2)20-14-17(27)12-13-21(20)28-23;1-11(20)17-16(12-6-4-3-5-7-12)18(24(2,22)23)14-10-13(19)8-9-15(14)21-17/h3-15H,1-2H3;3-15H,1-2H3;3-11H,20H2,1-2H3. The van der Waals surface area contributed by atoms with Crippen LogP contribution in [0.2, 0.25) is 0 Å². The molecule has 20 heteroatoms. The van der Waals surface area contributed by atoms with Gasteiger partial charge in [-0.05, 0) is 123 Å². The second kappa shape index (κ2) is 24.7. The minimum absolute atomic E-state index is 0.0606. The maximum Gasteiger partial charge on any atom is 0.262 e. The lowest BCUT2D eigenvalue weighted by Crippen LogP contribution is -2.33. The average molecular weight is 1260 g/mol. The molecule has 14 nitrogen and oxygen atoms in total. The third kappa shape index (κ3) is 11.5. The molecule has 452 valence electrons. The van der Waals surface area contributed by atoms with E-state index in [-0.39, 0.29) is 66.1 Å². The first-order valence-electron chi connectivity index (χ1n) is 28.2. The molecule has 0 fully saturated rings. The van der Waals surface area contributed by atoms with Crippen molar-refractivity contribution in [3.63, 3.8) is 0 Å². The average Bonchev–Trinajstić information content (AvgIpc) is 1.08. The van der Waals surface area contributed by atoms with E-state index in [0.717, 1.165) is 39.5 Å². The molecule has 0 saturated heterocycles. The van der Waals surface area contributed by atoms with Crippen molar-refractivity contribution in [3.8, 4) is 33.4 Å². The van der Waals surface area contributed by atoms with Gasteiger partial charge in [0.05, 0.1) is 77.8 Å². The largest absolute Gasteiger partial charge is 0.323 e. The van der Waals surface area contributed by atoms with Crippen LogP contribution in [0, 0.1) is 17.5 Å². The highest BCUT2D eigenvalue weighted by atomic mass is 32.2. The number of hydrogen-bond donors (Lipinski definition) is 1. The molecule has 2 N–H and O–H groups in total. The van der Waals surface area contributed by atoms with E-state index in [2.05, 4.69) is 9.97 Å². The molecule has 0 aliphatic carbocycles. The highest BCUT2D eigenvalue weighted by Crippen LogP contribution is 2.45. The van der Waals surface area contributed by atoms with Crippen molar-refractivity contribution in [1.29, 1.82) is 0 Å². The fourth-order valence-corrected chi connectivity index (χ4v) is 14.7. The van der Waals surface area contributed by atoms with E-state index in [4.69, 9.17) is 10.7 Å². The first-order chi connectivity index (χ1) is 43.0. The molecule has 2 aliphatic heterocycles. The minimum atomic E-state index is -3.88. The molecule has 2 aliphatic rings. The van der Waals surface area contributed by atoms with E-state index in [1.165, 1.54) is 59.1 Å². The monoisotopic (exact) mass is 1260 g/mol. The lowest BCUT2D eigenvalue weighted by atomic mass is 9.97. The van der Waals surface area contributed by atoms with Crippen molar-refractivity contribution in [2.75, 3.05) is 18.8 Å². The number of rotatable bonds is 11. The van der Waals surface area contributed by atoms with Gasteiger partial charge in [-0.25, -0.2) is 40.0 Å². The van der Waals surface area contributed by atoms with E-state index < -0.39 is 61.2 Å². The third-order valence-corrected chi connectivity index (χ3v) is 18.7. The third-order valence-electron chi connectivity index (χ3n) is 15.6. The zero-order valence-electron chi connectivity index (χ0n) is 49.1. The van der Waals surface area contributed by atoms with Gasteiger partial charge in [-0.1, -0.05) is 115 Å². The van der Waals surface area contributed by atoms with E-state index in [0.29, 0.717) is 55.6 Å². The van der Waals surface area contributed by atoms with Gasteiger partial charge in [0.1, 0.15) is 17.5 Å². The van der Waals surface area contributed by atoms with Crippen LogP contribution < -0.4 is 5.73 Å². The van der Waals surface area contributed by atoms with Gasteiger partial charge in [-0.15, -0.1) is 11.8 Å². The summed E-state index contributed by atoms with van der Waals surface area (Å²) in [6.45, 7) is 5.20. The maximum atomic E-state index is 14.2. The number of thioether (sulfide) groups is 1. The summed E-state index contributed by atoms with van der Waals surface area (Å²) in [6, 6.07) is 51.0. The Bertz CT molecular complexity index is 4920. The molecular weight excluding hydrogens is 1210 g/mol. The molecular formula is C70H55F3N6O8S3. The number of aromatic nitrogens is 3. The zero-order chi connectivity index (χ0) is 64.1. The lowest BCUT2D eigenvalue weighted by Gasteiger charge is -2.26. The molecule has 0 saturated carbocycles. The Balaban J connectivity index is 0.000000141. The van der Waals surface area contributed by atoms with Crippen molar-refractivity contribution in [1.82, 2.24) is 24.8 Å².